The highest BCUT2D eigenvalue weighted by atomic mass is 16.5. The van der Waals surface area contributed by atoms with Gasteiger partial charge in [-0.25, -0.2) is 0 Å². The van der Waals surface area contributed by atoms with E-state index in [9.17, 15) is 4.79 Å². The largest absolute Gasteiger partial charge is 0.380 e. The first kappa shape index (κ1) is 12.4. The third kappa shape index (κ3) is 4.15. The fourth-order valence-electron chi connectivity index (χ4n) is 1.58. The molecule has 1 heterocycles. The number of hydrogen-bond acceptors (Lipinski definition) is 4. The zero-order valence-electron chi connectivity index (χ0n) is 9.20. The molecule has 0 aromatic heterocycles. The monoisotopic (exact) mass is 216 g/mol. The summed E-state index contributed by atoms with van der Waals surface area (Å²) in [6.07, 6.45) is 1.37. The summed E-state index contributed by atoms with van der Waals surface area (Å²) in [6, 6.07) is 0. The molecule has 0 bridgehead atoms. The van der Waals surface area contributed by atoms with Gasteiger partial charge in [0.1, 0.15) is 6.10 Å². The van der Waals surface area contributed by atoms with Crippen LogP contribution in [0.5, 0.6) is 0 Å². The van der Waals surface area contributed by atoms with Gasteiger partial charge in [0.2, 0.25) is 5.91 Å². The Morgan fingerprint density at radius 2 is 2.40 bits per heavy atom. The molecule has 1 aliphatic heterocycles. The normalized spacial score (nSPS) is 25.5. The summed E-state index contributed by atoms with van der Waals surface area (Å²) in [4.78, 5) is 11.5. The van der Waals surface area contributed by atoms with Crippen LogP contribution in [0.25, 0.3) is 0 Å². The summed E-state index contributed by atoms with van der Waals surface area (Å²) in [5.41, 5.74) is 5.46. The summed E-state index contributed by atoms with van der Waals surface area (Å²) in [6.45, 7) is 4.18. The maximum Gasteiger partial charge on any atom is 0.249 e. The molecular formula is C10H20N2O3. The molecule has 1 saturated heterocycles. The molecule has 5 heteroatoms. The van der Waals surface area contributed by atoms with Gasteiger partial charge in [0.15, 0.2) is 0 Å². The zero-order valence-corrected chi connectivity index (χ0v) is 9.20. The average molecular weight is 216 g/mol. The fourth-order valence-corrected chi connectivity index (χ4v) is 1.58. The van der Waals surface area contributed by atoms with E-state index < -0.39 is 0 Å². The van der Waals surface area contributed by atoms with Gasteiger partial charge in [-0.1, -0.05) is 0 Å². The Hall–Kier alpha value is -0.650. The first-order valence-corrected chi connectivity index (χ1v) is 5.49. The summed E-state index contributed by atoms with van der Waals surface area (Å²) >= 11 is 0. The van der Waals surface area contributed by atoms with Crippen molar-refractivity contribution < 1.29 is 14.3 Å². The highest BCUT2D eigenvalue weighted by molar-refractivity contribution is 5.80. The van der Waals surface area contributed by atoms with Gasteiger partial charge in [0.25, 0.3) is 0 Å². The maximum atomic E-state index is 11.5. The molecule has 1 rings (SSSR count). The summed E-state index contributed by atoms with van der Waals surface area (Å²) in [5, 5.41) is 2.77. The van der Waals surface area contributed by atoms with Crippen LogP contribution in [0.2, 0.25) is 0 Å². The Morgan fingerprint density at radius 3 is 3.00 bits per heavy atom. The van der Waals surface area contributed by atoms with Crippen molar-refractivity contribution in [2.75, 3.05) is 26.3 Å². The molecule has 0 aromatic carbocycles. The molecule has 3 N–H and O–H groups in total. The van der Waals surface area contributed by atoms with Crippen LogP contribution in [0.1, 0.15) is 19.8 Å². The van der Waals surface area contributed by atoms with Crippen molar-refractivity contribution in [3.05, 3.63) is 0 Å². The third-order valence-corrected chi connectivity index (χ3v) is 2.41. The van der Waals surface area contributed by atoms with E-state index in [4.69, 9.17) is 15.2 Å². The van der Waals surface area contributed by atoms with Crippen LogP contribution in [0.4, 0.5) is 0 Å². The van der Waals surface area contributed by atoms with Crippen LogP contribution in [0, 0.1) is 0 Å². The van der Waals surface area contributed by atoms with E-state index in [1.165, 1.54) is 0 Å². The molecule has 5 nitrogen and oxygen atoms in total. The minimum atomic E-state index is -0.319. The number of carbonyl (C=O) groups excluding carboxylic acids is 1. The third-order valence-electron chi connectivity index (χ3n) is 2.41. The molecule has 0 aromatic rings. The van der Waals surface area contributed by atoms with Gasteiger partial charge < -0.3 is 20.5 Å². The topological polar surface area (TPSA) is 73.6 Å². The van der Waals surface area contributed by atoms with Crippen LogP contribution >= 0.6 is 0 Å². The van der Waals surface area contributed by atoms with Gasteiger partial charge in [-0.2, -0.15) is 0 Å². The predicted octanol–water partition coefficient (Wildman–Crippen LogP) is -0.355. The summed E-state index contributed by atoms with van der Waals surface area (Å²) < 4.78 is 10.6. The lowest BCUT2D eigenvalue weighted by atomic mass is 10.2. The molecule has 2 unspecified atom stereocenters. The van der Waals surface area contributed by atoms with Crippen LogP contribution in [-0.2, 0) is 14.3 Å². The van der Waals surface area contributed by atoms with E-state index in [0.717, 1.165) is 12.8 Å². The molecule has 0 spiro atoms. The van der Waals surface area contributed by atoms with Gasteiger partial charge in [-0.15, -0.1) is 0 Å². The van der Waals surface area contributed by atoms with Crippen molar-refractivity contribution in [2.45, 2.75) is 32.0 Å². The lowest BCUT2D eigenvalue weighted by molar-refractivity contribution is -0.132. The molecule has 1 aliphatic rings. The van der Waals surface area contributed by atoms with Gasteiger partial charge in [-0.05, 0) is 19.8 Å². The highest BCUT2D eigenvalue weighted by Crippen LogP contribution is 2.18. The molecule has 0 aliphatic carbocycles. The number of rotatable bonds is 6. The zero-order chi connectivity index (χ0) is 11.1. The SMILES string of the molecule is CCOCCNC(=O)C1CCC(CN)O1. The number of carbonyl (C=O) groups is 1. The molecule has 0 saturated carbocycles. The Morgan fingerprint density at radius 1 is 1.60 bits per heavy atom. The van der Waals surface area contributed by atoms with Gasteiger partial charge in [-0.3, -0.25) is 4.79 Å². The van der Waals surface area contributed by atoms with Crippen LogP contribution in [0.3, 0.4) is 0 Å². The molecule has 15 heavy (non-hydrogen) atoms. The second-order valence-corrected chi connectivity index (χ2v) is 3.55. The first-order chi connectivity index (χ1) is 7.27. The van der Waals surface area contributed by atoms with E-state index in [0.29, 0.717) is 26.3 Å². The van der Waals surface area contributed by atoms with Gasteiger partial charge >= 0.3 is 0 Å². The molecule has 88 valence electrons. The number of nitrogens with one attached hydrogen (secondary N) is 1. The molecule has 2 atom stereocenters. The van der Waals surface area contributed by atoms with Crippen molar-refractivity contribution in [1.29, 1.82) is 0 Å². The van der Waals surface area contributed by atoms with Crippen LogP contribution in [0.15, 0.2) is 0 Å². The number of nitrogens with two attached hydrogens (primary N) is 1. The lowest BCUT2D eigenvalue weighted by Gasteiger charge is -2.12. The number of amides is 1. The predicted molar refractivity (Wildman–Crippen MR) is 56.5 cm³/mol. The van der Waals surface area contributed by atoms with Crippen molar-refractivity contribution in [2.24, 2.45) is 5.73 Å². The average Bonchev–Trinajstić information content (AvgIpc) is 2.72. The molecule has 1 amide bonds. The van der Waals surface area contributed by atoms with Crippen LogP contribution in [-0.4, -0.2) is 44.4 Å². The van der Waals surface area contributed by atoms with E-state index in [1.54, 1.807) is 0 Å². The Balaban J connectivity index is 2.12. The van der Waals surface area contributed by atoms with Gasteiger partial charge in [0, 0.05) is 19.7 Å². The minimum absolute atomic E-state index is 0.0487. The van der Waals surface area contributed by atoms with E-state index >= 15 is 0 Å². The van der Waals surface area contributed by atoms with E-state index in [-0.39, 0.29) is 18.1 Å². The summed E-state index contributed by atoms with van der Waals surface area (Å²) in [5.74, 6) is -0.0503. The fraction of sp³-hybridized carbons (Fsp3) is 0.900. The first-order valence-electron chi connectivity index (χ1n) is 5.49. The molecule has 1 fully saturated rings. The molecule has 0 radical (unpaired) electrons. The van der Waals surface area contributed by atoms with E-state index in [2.05, 4.69) is 5.32 Å². The maximum absolute atomic E-state index is 11.5. The smallest absolute Gasteiger partial charge is 0.249 e. The van der Waals surface area contributed by atoms with Crippen molar-refractivity contribution in [3.63, 3.8) is 0 Å². The van der Waals surface area contributed by atoms with Gasteiger partial charge in [0.05, 0.1) is 12.7 Å². The quantitative estimate of drug-likeness (QED) is 0.595. The van der Waals surface area contributed by atoms with Crippen molar-refractivity contribution in [1.82, 2.24) is 5.32 Å². The van der Waals surface area contributed by atoms with E-state index in [1.807, 2.05) is 6.92 Å². The summed E-state index contributed by atoms with van der Waals surface area (Å²) in [7, 11) is 0. The number of hydrogen-bond donors (Lipinski definition) is 2. The Kier molecular flexibility index (Phi) is 5.60. The standard InChI is InChI=1S/C10H20N2O3/c1-2-14-6-5-12-10(13)9-4-3-8(7-11)15-9/h8-9H,2-7,11H2,1H3,(H,12,13). The second kappa shape index (κ2) is 6.76. The Bertz CT molecular complexity index is 199. The minimum Gasteiger partial charge on any atom is -0.380 e. The Labute approximate surface area is 90.3 Å². The number of ether oxygens (including phenoxy) is 2. The highest BCUT2D eigenvalue weighted by Gasteiger charge is 2.29. The molecular weight excluding hydrogens is 196 g/mol. The van der Waals surface area contributed by atoms with Crippen molar-refractivity contribution >= 4 is 5.91 Å². The lowest BCUT2D eigenvalue weighted by Crippen LogP contribution is -2.37. The van der Waals surface area contributed by atoms with Crippen LogP contribution < -0.4 is 11.1 Å². The van der Waals surface area contributed by atoms with Crippen molar-refractivity contribution in [3.8, 4) is 0 Å². The second-order valence-electron chi connectivity index (χ2n) is 3.55.